The number of nitrogens with two attached hydrogens (primary N) is 1. The molecule has 0 radical (unpaired) electrons. The quantitative estimate of drug-likeness (QED) is 0.215. The van der Waals surface area contributed by atoms with E-state index in [0.29, 0.717) is 16.4 Å². The van der Waals surface area contributed by atoms with Crippen LogP contribution in [0.2, 0.25) is 0 Å². The van der Waals surface area contributed by atoms with Gasteiger partial charge < -0.3 is 25.7 Å². The van der Waals surface area contributed by atoms with Crippen molar-refractivity contribution < 1.29 is 4.42 Å². The summed E-state index contributed by atoms with van der Waals surface area (Å²) in [6.45, 7) is 0.220. The number of hydrogen-bond donors (Lipinski definition) is 4. The van der Waals surface area contributed by atoms with Crippen molar-refractivity contribution in [2.75, 3.05) is 18.6 Å². The highest BCUT2D eigenvalue weighted by atomic mass is 32.1. The monoisotopic (exact) mass is 305 g/mol. The first kappa shape index (κ1) is 14.8. The van der Waals surface area contributed by atoms with Crippen LogP contribution in [0.3, 0.4) is 0 Å². The summed E-state index contributed by atoms with van der Waals surface area (Å²) in [5, 5.41) is 13.7. The smallest absolute Gasteiger partial charge is 0.338 e. The van der Waals surface area contributed by atoms with Gasteiger partial charge in [-0.3, -0.25) is 5.41 Å². The first-order chi connectivity index (χ1) is 9.99. The molecule has 0 atom stereocenters. The maximum absolute atomic E-state index is 11.6. The number of hydrogen-bond acceptors (Lipinski definition) is 4. The molecule has 0 aliphatic carbocycles. The van der Waals surface area contributed by atoms with Crippen LogP contribution in [0.25, 0.3) is 11.0 Å². The minimum atomic E-state index is -0.444. The zero-order chi connectivity index (χ0) is 15.4. The van der Waals surface area contributed by atoms with Crippen molar-refractivity contribution in [3.8, 4) is 0 Å². The molecule has 2 rings (SSSR count). The van der Waals surface area contributed by atoms with Crippen molar-refractivity contribution in [3.05, 3.63) is 40.8 Å². The Bertz CT molecular complexity index is 743. The SMILES string of the molecule is CN(C(=S)NCNC(=N)N)c1cc(=O)oc2ccccc12. The summed E-state index contributed by atoms with van der Waals surface area (Å²) in [7, 11) is 1.74. The standard InChI is InChI=1S/C13H15N5O2S/c1-18(13(21)17-7-16-12(14)15)9-6-11(19)20-10-5-3-2-4-8(9)10/h2-6H,7H2,1H3,(H,17,21)(H4,14,15,16). The highest BCUT2D eigenvalue weighted by Gasteiger charge is 2.12. The molecule has 0 aliphatic heterocycles. The fraction of sp³-hybridized carbons (Fsp3) is 0.154. The number of anilines is 1. The number of fused-ring (bicyclic) bond motifs is 1. The average Bonchev–Trinajstić information content (AvgIpc) is 2.45. The second-order valence-electron chi connectivity index (χ2n) is 4.26. The molecule has 8 heteroatoms. The third-order valence-electron chi connectivity index (χ3n) is 2.81. The van der Waals surface area contributed by atoms with Crippen molar-refractivity contribution >= 4 is 39.9 Å². The van der Waals surface area contributed by atoms with Crippen molar-refractivity contribution in [1.29, 1.82) is 5.41 Å². The number of benzene rings is 1. The van der Waals surface area contributed by atoms with Crippen LogP contribution in [0.4, 0.5) is 5.69 Å². The van der Waals surface area contributed by atoms with Crippen molar-refractivity contribution in [2.24, 2.45) is 5.73 Å². The van der Waals surface area contributed by atoms with E-state index >= 15 is 0 Å². The zero-order valence-electron chi connectivity index (χ0n) is 11.3. The third kappa shape index (κ3) is 3.48. The Morgan fingerprint density at radius 3 is 2.86 bits per heavy atom. The number of nitrogens with one attached hydrogen (secondary N) is 3. The van der Waals surface area contributed by atoms with Crippen LogP contribution in [0.1, 0.15) is 0 Å². The summed E-state index contributed by atoms with van der Waals surface area (Å²) in [4.78, 5) is 13.3. The van der Waals surface area contributed by atoms with Crippen LogP contribution in [-0.2, 0) is 0 Å². The molecule has 0 saturated heterocycles. The van der Waals surface area contributed by atoms with Gasteiger partial charge >= 0.3 is 5.63 Å². The fourth-order valence-corrected chi connectivity index (χ4v) is 1.99. The fourth-order valence-electron chi connectivity index (χ4n) is 1.81. The number of para-hydroxylation sites is 1. The summed E-state index contributed by atoms with van der Waals surface area (Å²) in [6, 6.07) is 8.60. The molecule has 21 heavy (non-hydrogen) atoms. The molecule has 110 valence electrons. The van der Waals surface area contributed by atoms with Gasteiger partial charge in [0.15, 0.2) is 11.1 Å². The molecule has 0 amide bonds. The average molecular weight is 305 g/mol. The van der Waals surface area contributed by atoms with Gasteiger partial charge in [0.2, 0.25) is 0 Å². The first-order valence-electron chi connectivity index (χ1n) is 6.11. The van der Waals surface area contributed by atoms with Crippen molar-refractivity contribution in [1.82, 2.24) is 10.6 Å². The Balaban J connectivity index is 2.26. The Labute approximate surface area is 126 Å². The summed E-state index contributed by atoms with van der Waals surface area (Å²) in [6.07, 6.45) is 0. The van der Waals surface area contributed by atoms with Gasteiger partial charge in [-0.05, 0) is 24.4 Å². The van der Waals surface area contributed by atoms with Crippen molar-refractivity contribution in [3.63, 3.8) is 0 Å². The van der Waals surface area contributed by atoms with E-state index in [1.165, 1.54) is 6.07 Å². The van der Waals surface area contributed by atoms with E-state index in [-0.39, 0.29) is 12.6 Å². The predicted octanol–water partition coefficient (Wildman–Crippen LogP) is 0.544. The van der Waals surface area contributed by atoms with Gasteiger partial charge in [-0.2, -0.15) is 0 Å². The van der Waals surface area contributed by atoms with E-state index in [1.54, 1.807) is 24.1 Å². The Kier molecular flexibility index (Phi) is 4.39. The van der Waals surface area contributed by atoms with Crippen molar-refractivity contribution in [2.45, 2.75) is 0 Å². The minimum absolute atomic E-state index is 0.154. The lowest BCUT2D eigenvalue weighted by Gasteiger charge is -2.22. The first-order valence-corrected chi connectivity index (χ1v) is 6.52. The van der Waals surface area contributed by atoms with Gasteiger partial charge in [0, 0.05) is 18.5 Å². The van der Waals surface area contributed by atoms with Gasteiger partial charge in [-0.15, -0.1) is 0 Å². The molecule has 1 aromatic heterocycles. The molecule has 0 saturated carbocycles. The van der Waals surface area contributed by atoms with Gasteiger partial charge in [-0.1, -0.05) is 12.1 Å². The molecule has 0 bridgehead atoms. The Morgan fingerprint density at radius 1 is 1.43 bits per heavy atom. The molecular weight excluding hydrogens is 290 g/mol. The second-order valence-corrected chi connectivity index (χ2v) is 4.64. The lowest BCUT2D eigenvalue weighted by atomic mass is 10.2. The number of thiocarbonyl (C=S) groups is 1. The van der Waals surface area contributed by atoms with E-state index in [2.05, 4.69) is 10.6 Å². The number of guanidine groups is 1. The molecule has 0 spiro atoms. The molecule has 0 fully saturated rings. The largest absolute Gasteiger partial charge is 0.423 e. The van der Waals surface area contributed by atoms with Gasteiger partial charge in [0.05, 0.1) is 12.4 Å². The molecule has 1 aromatic carbocycles. The van der Waals surface area contributed by atoms with Crippen LogP contribution < -0.4 is 26.9 Å². The lowest BCUT2D eigenvalue weighted by molar-refractivity contribution is 0.561. The predicted molar refractivity (Wildman–Crippen MR) is 86.5 cm³/mol. The van der Waals surface area contributed by atoms with Crippen LogP contribution in [0, 0.1) is 5.41 Å². The summed E-state index contributed by atoms with van der Waals surface area (Å²) < 4.78 is 5.14. The third-order valence-corrected chi connectivity index (χ3v) is 3.23. The summed E-state index contributed by atoms with van der Waals surface area (Å²) in [5.41, 5.74) is 5.88. The molecule has 2 aromatic rings. The molecular formula is C13H15N5O2S. The molecule has 0 unspecified atom stereocenters. The molecule has 5 N–H and O–H groups in total. The topological polar surface area (TPSA) is 107 Å². The van der Waals surface area contributed by atoms with Gasteiger partial charge in [0.25, 0.3) is 0 Å². The number of rotatable bonds is 3. The van der Waals surface area contributed by atoms with E-state index < -0.39 is 5.63 Å². The van der Waals surface area contributed by atoms with E-state index in [4.69, 9.17) is 27.8 Å². The van der Waals surface area contributed by atoms with Crippen LogP contribution in [0.15, 0.2) is 39.5 Å². The van der Waals surface area contributed by atoms with Crippen LogP contribution in [-0.4, -0.2) is 24.8 Å². The number of nitrogens with zero attached hydrogens (tertiary/aromatic N) is 1. The Hall–Kier alpha value is -2.61. The van der Waals surface area contributed by atoms with Crippen LogP contribution in [0.5, 0.6) is 0 Å². The summed E-state index contributed by atoms with van der Waals surface area (Å²) >= 11 is 5.25. The van der Waals surface area contributed by atoms with E-state index in [1.807, 2.05) is 12.1 Å². The highest BCUT2D eigenvalue weighted by molar-refractivity contribution is 7.80. The van der Waals surface area contributed by atoms with E-state index in [0.717, 1.165) is 5.39 Å². The normalized spacial score (nSPS) is 10.1. The van der Waals surface area contributed by atoms with Crippen LogP contribution >= 0.6 is 12.2 Å². The van der Waals surface area contributed by atoms with Gasteiger partial charge in [-0.25, -0.2) is 4.79 Å². The Morgan fingerprint density at radius 2 is 2.14 bits per heavy atom. The molecule has 1 heterocycles. The maximum Gasteiger partial charge on any atom is 0.338 e. The zero-order valence-corrected chi connectivity index (χ0v) is 12.2. The van der Waals surface area contributed by atoms with E-state index in [9.17, 15) is 4.79 Å². The second kappa shape index (κ2) is 6.23. The molecule has 0 aliphatic rings. The highest BCUT2D eigenvalue weighted by Crippen LogP contribution is 2.23. The molecule has 7 nitrogen and oxygen atoms in total. The lowest BCUT2D eigenvalue weighted by Crippen LogP contribution is -2.45. The minimum Gasteiger partial charge on any atom is -0.423 e. The van der Waals surface area contributed by atoms with Gasteiger partial charge in [0.1, 0.15) is 5.58 Å². The maximum atomic E-state index is 11.6. The summed E-state index contributed by atoms with van der Waals surface area (Å²) in [5.74, 6) is -0.154.